The van der Waals surface area contributed by atoms with Gasteiger partial charge in [0.15, 0.2) is 0 Å². The number of nitrogens with zero attached hydrogens (tertiary/aromatic N) is 1. The minimum absolute atomic E-state index is 0.352. The second-order valence-electron chi connectivity index (χ2n) is 4.61. The van der Waals surface area contributed by atoms with E-state index in [0.717, 1.165) is 24.1 Å². The molecule has 0 aliphatic heterocycles. The number of carbonyl (C=O) groups is 1. The molecule has 0 saturated carbocycles. The number of aryl methyl sites for hydroxylation is 3. The van der Waals surface area contributed by atoms with Gasteiger partial charge in [0.2, 0.25) is 0 Å². The van der Waals surface area contributed by atoms with E-state index in [-0.39, 0.29) is 0 Å². The number of aromatic nitrogens is 1. The second kappa shape index (κ2) is 4.70. The molecule has 0 amide bonds. The first-order chi connectivity index (χ1) is 8.08. The van der Waals surface area contributed by atoms with Crippen molar-refractivity contribution in [3.63, 3.8) is 0 Å². The van der Waals surface area contributed by atoms with Gasteiger partial charge in [-0.1, -0.05) is 0 Å². The van der Waals surface area contributed by atoms with Crippen molar-refractivity contribution in [2.45, 2.75) is 39.5 Å². The lowest BCUT2D eigenvalue weighted by molar-refractivity contribution is -0.132. The van der Waals surface area contributed by atoms with Crippen LogP contribution in [0, 0.1) is 6.92 Å². The number of hydrogen-bond acceptors (Lipinski definition) is 2. The van der Waals surface area contributed by atoms with Crippen LogP contribution in [0.1, 0.15) is 42.3 Å². The quantitative estimate of drug-likeness (QED) is 0.796. The number of carboxylic acid groups (broad SMARTS) is 1. The highest BCUT2D eigenvalue weighted by Crippen LogP contribution is 2.23. The second-order valence-corrected chi connectivity index (χ2v) is 4.61. The predicted molar refractivity (Wildman–Crippen MR) is 66.9 cm³/mol. The standard InChI is InChI=1S/C14H17NO2/c1-9(14(16)17)7-12-8-11-5-3-4-6-13(11)15-10(12)2/h7-8H,3-6H2,1-2H3,(H,16,17)/b9-7+. The fourth-order valence-electron chi connectivity index (χ4n) is 2.20. The lowest BCUT2D eigenvalue weighted by atomic mass is 9.94. The Morgan fingerprint density at radius 1 is 1.41 bits per heavy atom. The smallest absolute Gasteiger partial charge is 0.331 e. The van der Waals surface area contributed by atoms with Crippen molar-refractivity contribution in [1.82, 2.24) is 4.98 Å². The molecule has 1 aromatic rings. The van der Waals surface area contributed by atoms with Crippen LogP contribution in [0.5, 0.6) is 0 Å². The topological polar surface area (TPSA) is 50.2 Å². The van der Waals surface area contributed by atoms with Gasteiger partial charge in [-0.2, -0.15) is 0 Å². The highest BCUT2D eigenvalue weighted by molar-refractivity contribution is 5.91. The summed E-state index contributed by atoms with van der Waals surface area (Å²) in [5.74, 6) is -0.873. The summed E-state index contributed by atoms with van der Waals surface area (Å²) in [4.78, 5) is 15.4. The van der Waals surface area contributed by atoms with E-state index < -0.39 is 5.97 Å². The summed E-state index contributed by atoms with van der Waals surface area (Å²) in [6.45, 7) is 3.55. The average Bonchev–Trinajstić information content (AvgIpc) is 2.29. The Morgan fingerprint density at radius 3 is 2.82 bits per heavy atom. The van der Waals surface area contributed by atoms with Crippen LogP contribution in [0.3, 0.4) is 0 Å². The maximum atomic E-state index is 10.8. The van der Waals surface area contributed by atoms with Crippen molar-refractivity contribution in [1.29, 1.82) is 0 Å². The minimum atomic E-state index is -0.873. The zero-order valence-electron chi connectivity index (χ0n) is 10.3. The van der Waals surface area contributed by atoms with Gasteiger partial charge >= 0.3 is 5.97 Å². The SMILES string of the molecule is C/C(=C\c1cc2c(nc1C)CCCC2)C(=O)O. The maximum Gasteiger partial charge on any atom is 0.331 e. The van der Waals surface area contributed by atoms with Gasteiger partial charge in [-0.3, -0.25) is 4.98 Å². The zero-order chi connectivity index (χ0) is 12.4. The molecule has 1 N–H and O–H groups in total. The minimum Gasteiger partial charge on any atom is -0.478 e. The molecule has 0 bridgehead atoms. The highest BCUT2D eigenvalue weighted by atomic mass is 16.4. The molecule has 2 rings (SSSR count). The molecule has 3 heteroatoms. The summed E-state index contributed by atoms with van der Waals surface area (Å²) in [5.41, 5.74) is 4.69. The van der Waals surface area contributed by atoms with E-state index in [1.165, 1.54) is 24.1 Å². The molecule has 1 aliphatic carbocycles. The first-order valence-corrected chi connectivity index (χ1v) is 5.99. The van der Waals surface area contributed by atoms with Gasteiger partial charge in [-0.25, -0.2) is 4.79 Å². The Labute approximate surface area is 101 Å². The molecule has 0 unspecified atom stereocenters. The zero-order valence-corrected chi connectivity index (χ0v) is 10.3. The first kappa shape index (κ1) is 11.8. The van der Waals surface area contributed by atoms with Crippen molar-refractivity contribution in [2.75, 3.05) is 0 Å². The summed E-state index contributed by atoms with van der Waals surface area (Å²) in [6, 6.07) is 2.10. The summed E-state index contributed by atoms with van der Waals surface area (Å²) in [6.07, 6.45) is 6.24. The average molecular weight is 231 g/mol. The van der Waals surface area contributed by atoms with E-state index in [0.29, 0.717) is 5.57 Å². The number of aliphatic carboxylic acids is 1. The van der Waals surface area contributed by atoms with Crippen LogP contribution in [0.15, 0.2) is 11.6 Å². The van der Waals surface area contributed by atoms with Crippen molar-refractivity contribution in [2.24, 2.45) is 0 Å². The Balaban J connectivity index is 2.42. The number of rotatable bonds is 2. The lowest BCUT2D eigenvalue weighted by Gasteiger charge is -2.16. The van der Waals surface area contributed by atoms with Crippen LogP contribution in [0.2, 0.25) is 0 Å². The maximum absolute atomic E-state index is 10.8. The van der Waals surface area contributed by atoms with E-state index in [1.807, 2.05) is 6.92 Å². The van der Waals surface area contributed by atoms with Crippen molar-refractivity contribution in [3.05, 3.63) is 34.2 Å². The summed E-state index contributed by atoms with van der Waals surface area (Å²) in [7, 11) is 0. The van der Waals surface area contributed by atoms with Gasteiger partial charge in [-0.05, 0) is 62.8 Å². The third-order valence-electron chi connectivity index (χ3n) is 3.24. The molecule has 0 radical (unpaired) electrons. The van der Waals surface area contributed by atoms with Gasteiger partial charge in [0, 0.05) is 17.0 Å². The molecule has 0 aromatic carbocycles. The fraction of sp³-hybridized carbons (Fsp3) is 0.429. The number of hydrogen-bond donors (Lipinski definition) is 1. The third-order valence-corrected chi connectivity index (χ3v) is 3.24. The van der Waals surface area contributed by atoms with E-state index in [1.54, 1.807) is 13.0 Å². The van der Waals surface area contributed by atoms with E-state index in [2.05, 4.69) is 11.1 Å². The summed E-state index contributed by atoms with van der Waals surface area (Å²) < 4.78 is 0. The van der Waals surface area contributed by atoms with Crippen molar-refractivity contribution in [3.8, 4) is 0 Å². The molecular formula is C14H17NO2. The van der Waals surface area contributed by atoms with Gasteiger partial charge in [0.25, 0.3) is 0 Å². The molecule has 17 heavy (non-hydrogen) atoms. The highest BCUT2D eigenvalue weighted by Gasteiger charge is 2.13. The molecule has 0 saturated heterocycles. The Hall–Kier alpha value is -1.64. The summed E-state index contributed by atoms with van der Waals surface area (Å²) in [5, 5.41) is 8.88. The predicted octanol–water partition coefficient (Wildman–Crippen LogP) is 2.76. The molecule has 1 heterocycles. The number of carboxylic acids is 1. The van der Waals surface area contributed by atoms with Gasteiger partial charge < -0.3 is 5.11 Å². The Morgan fingerprint density at radius 2 is 2.12 bits per heavy atom. The fourth-order valence-corrected chi connectivity index (χ4v) is 2.20. The van der Waals surface area contributed by atoms with Crippen LogP contribution >= 0.6 is 0 Å². The number of fused-ring (bicyclic) bond motifs is 1. The molecule has 1 aromatic heterocycles. The van der Waals surface area contributed by atoms with E-state index in [9.17, 15) is 4.79 Å². The van der Waals surface area contributed by atoms with Gasteiger partial charge in [0.05, 0.1) is 0 Å². The van der Waals surface area contributed by atoms with Crippen LogP contribution in [-0.4, -0.2) is 16.1 Å². The monoisotopic (exact) mass is 231 g/mol. The molecular weight excluding hydrogens is 214 g/mol. The Kier molecular flexibility index (Phi) is 3.27. The van der Waals surface area contributed by atoms with Crippen LogP contribution < -0.4 is 0 Å². The van der Waals surface area contributed by atoms with Crippen LogP contribution in [0.25, 0.3) is 6.08 Å². The molecule has 1 aliphatic rings. The van der Waals surface area contributed by atoms with Crippen LogP contribution in [0.4, 0.5) is 0 Å². The lowest BCUT2D eigenvalue weighted by Crippen LogP contribution is -2.07. The Bertz CT molecular complexity index is 489. The molecule has 0 atom stereocenters. The van der Waals surface area contributed by atoms with Gasteiger partial charge in [-0.15, -0.1) is 0 Å². The normalized spacial score (nSPS) is 15.5. The molecule has 90 valence electrons. The third kappa shape index (κ3) is 2.54. The van der Waals surface area contributed by atoms with E-state index >= 15 is 0 Å². The van der Waals surface area contributed by atoms with Crippen molar-refractivity contribution < 1.29 is 9.90 Å². The largest absolute Gasteiger partial charge is 0.478 e. The summed E-state index contributed by atoms with van der Waals surface area (Å²) >= 11 is 0. The number of pyridine rings is 1. The van der Waals surface area contributed by atoms with Gasteiger partial charge in [0.1, 0.15) is 0 Å². The molecule has 3 nitrogen and oxygen atoms in total. The first-order valence-electron chi connectivity index (χ1n) is 5.99. The van der Waals surface area contributed by atoms with E-state index in [4.69, 9.17) is 5.11 Å². The van der Waals surface area contributed by atoms with Crippen molar-refractivity contribution >= 4 is 12.0 Å². The molecule has 0 fully saturated rings. The molecule has 0 spiro atoms. The van der Waals surface area contributed by atoms with Crippen LogP contribution in [-0.2, 0) is 17.6 Å².